The standard InChI is InChI=1S/C46H53N3O5S/c1-3-4-11-40(50)33-19-23-37(24-20-33)49(38-25-26-38)29-32-8-7-9-35(28-32)43(51)48-45-42(39-10-5-6-12-41(39)55-45)44(52)47-36-21-15-31(16-22-36)27-30-13-17-34(18-14-30)46(53)54-2/h7-9,13-18,21-22,28,33,37-38H,3-6,10-12,19-20,23-27,29H2,1-2H3,(H,47,52)(H,48,51). The topological polar surface area (TPSA) is 105 Å². The lowest BCUT2D eigenvalue weighted by molar-refractivity contribution is -0.124. The van der Waals surface area contributed by atoms with E-state index in [4.69, 9.17) is 4.74 Å². The quantitative estimate of drug-likeness (QED) is 0.117. The summed E-state index contributed by atoms with van der Waals surface area (Å²) in [5.74, 6) is -0.0953. The summed E-state index contributed by atoms with van der Waals surface area (Å²) in [7, 11) is 1.37. The van der Waals surface area contributed by atoms with E-state index in [1.807, 2.05) is 54.6 Å². The number of carbonyl (C=O) groups is 4. The molecular formula is C46H53N3O5S. The highest BCUT2D eigenvalue weighted by Gasteiger charge is 2.37. The molecule has 2 fully saturated rings. The van der Waals surface area contributed by atoms with E-state index in [0.717, 1.165) is 99.4 Å². The van der Waals surface area contributed by atoms with Crippen LogP contribution in [0.15, 0.2) is 72.8 Å². The average molecular weight is 760 g/mol. The molecule has 2 amide bonds. The molecule has 3 aromatic carbocycles. The smallest absolute Gasteiger partial charge is 0.337 e. The number of fused-ring (bicyclic) bond motifs is 1. The van der Waals surface area contributed by atoms with Gasteiger partial charge in [-0.3, -0.25) is 19.3 Å². The van der Waals surface area contributed by atoms with Crippen molar-refractivity contribution in [2.24, 2.45) is 5.92 Å². The van der Waals surface area contributed by atoms with E-state index in [2.05, 4.69) is 28.5 Å². The third-order valence-electron chi connectivity index (χ3n) is 11.6. The molecule has 0 bridgehead atoms. The largest absolute Gasteiger partial charge is 0.465 e. The lowest BCUT2D eigenvalue weighted by atomic mass is 9.81. The van der Waals surface area contributed by atoms with Crippen molar-refractivity contribution in [1.82, 2.24) is 4.90 Å². The number of anilines is 2. The van der Waals surface area contributed by atoms with Gasteiger partial charge in [-0.15, -0.1) is 11.3 Å². The van der Waals surface area contributed by atoms with E-state index >= 15 is 0 Å². The predicted octanol–water partition coefficient (Wildman–Crippen LogP) is 9.79. The Morgan fingerprint density at radius 2 is 1.44 bits per heavy atom. The first-order valence-electron chi connectivity index (χ1n) is 20.2. The zero-order chi connectivity index (χ0) is 38.3. The number of unbranched alkanes of at least 4 members (excludes halogenated alkanes) is 1. The minimum Gasteiger partial charge on any atom is -0.465 e. The maximum atomic E-state index is 14.0. The Labute approximate surface area is 329 Å². The Bertz CT molecular complexity index is 1990. The average Bonchev–Trinajstić information content (AvgIpc) is 4.00. The first-order chi connectivity index (χ1) is 26.8. The third-order valence-corrected chi connectivity index (χ3v) is 12.8. The number of nitrogens with one attached hydrogen (secondary N) is 2. The minimum absolute atomic E-state index is 0.206. The summed E-state index contributed by atoms with van der Waals surface area (Å²) in [4.78, 5) is 56.1. The number of rotatable bonds is 15. The number of benzene rings is 3. The predicted molar refractivity (Wildman–Crippen MR) is 219 cm³/mol. The molecule has 0 spiro atoms. The van der Waals surface area contributed by atoms with Crippen LogP contribution in [0.1, 0.15) is 136 Å². The van der Waals surface area contributed by atoms with Gasteiger partial charge in [-0.05, 0) is 136 Å². The van der Waals surface area contributed by atoms with Crippen molar-refractivity contribution < 1.29 is 23.9 Å². The zero-order valence-corrected chi connectivity index (χ0v) is 33.0. The number of nitrogens with zero attached hydrogens (tertiary/aromatic N) is 1. The van der Waals surface area contributed by atoms with Crippen molar-refractivity contribution in [3.05, 3.63) is 117 Å². The number of hydrogen-bond acceptors (Lipinski definition) is 7. The van der Waals surface area contributed by atoms with Crippen LogP contribution < -0.4 is 10.6 Å². The normalized spacial score (nSPS) is 18.0. The lowest BCUT2D eigenvalue weighted by Crippen LogP contribution is -2.40. The van der Waals surface area contributed by atoms with Crippen molar-refractivity contribution in [1.29, 1.82) is 0 Å². The molecule has 0 aliphatic heterocycles. The van der Waals surface area contributed by atoms with Gasteiger partial charge < -0.3 is 15.4 Å². The van der Waals surface area contributed by atoms with E-state index in [1.54, 1.807) is 12.1 Å². The Hall–Kier alpha value is -4.60. The Morgan fingerprint density at radius 1 is 0.764 bits per heavy atom. The maximum absolute atomic E-state index is 14.0. The van der Waals surface area contributed by atoms with Crippen molar-refractivity contribution in [3.8, 4) is 0 Å². The van der Waals surface area contributed by atoms with Crippen LogP contribution in [-0.4, -0.2) is 47.7 Å². The Balaban J connectivity index is 1.00. The van der Waals surface area contributed by atoms with Gasteiger partial charge in [0.05, 0.1) is 18.2 Å². The number of Topliss-reactive ketones (excluding diaryl/α,β-unsaturated/α-hetero) is 1. The lowest BCUT2D eigenvalue weighted by Gasteiger charge is -2.37. The molecule has 2 N–H and O–H groups in total. The molecule has 7 rings (SSSR count). The summed E-state index contributed by atoms with van der Waals surface area (Å²) in [6.07, 6.45) is 13.8. The van der Waals surface area contributed by atoms with Gasteiger partial charge in [0, 0.05) is 47.1 Å². The van der Waals surface area contributed by atoms with Crippen LogP contribution in [0.4, 0.5) is 10.7 Å². The molecule has 0 unspecified atom stereocenters. The van der Waals surface area contributed by atoms with Crippen molar-refractivity contribution in [2.45, 2.75) is 115 Å². The molecule has 288 valence electrons. The zero-order valence-electron chi connectivity index (χ0n) is 32.2. The molecule has 1 aromatic heterocycles. The Morgan fingerprint density at radius 3 is 2.11 bits per heavy atom. The summed E-state index contributed by atoms with van der Waals surface area (Å²) >= 11 is 1.53. The molecule has 3 aliphatic carbocycles. The van der Waals surface area contributed by atoms with E-state index in [9.17, 15) is 19.2 Å². The molecule has 2 saturated carbocycles. The minimum atomic E-state index is -0.358. The van der Waals surface area contributed by atoms with Gasteiger partial charge in [-0.1, -0.05) is 49.7 Å². The number of hydrogen-bond donors (Lipinski definition) is 2. The van der Waals surface area contributed by atoms with E-state index < -0.39 is 0 Å². The van der Waals surface area contributed by atoms with Gasteiger partial charge >= 0.3 is 5.97 Å². The van der Waals surface area contributed by atoms with Gasteiger partial charge in [0.25, 0.3) is 11.8 Å². The van der Waals surface area contributed by atoms with Crippen LogP contribution in [0.5, 0.6) is 0 Å². The number of ether oxygens (including phenoxy) is 1. The fourth-order valence-corrected chi connectivity index (χ4v) is 9.63. The molecule has 0 saturated heterocycles. The number of esters is 1. The molecule has 3 aliphatic rings. The summed E-state index contributed by atoms with van der Waals surface area (Å²) in [6.45, 7) is 2.94. The second-order valence-electron chi connectivity index (χ2n) is 15.6. The highest BCUT2D eigenvalue weighted by Crippen LogP contribution is 2.40. The first-order valence-corrected chi connectivity index (χ1v) is 21.0. The summed E-state index contributed by atoms with van der Waals surface area (Å²) in [6, 6.07) is 24.2. The molecule has 0 atom stereocenters. The fraction of sp³-hybridized carbons (Fsp3) is 0.435. The van der Waals surface area contributed by atoms with Crippen LogP contribution in [-0.2, 0) is 35.3 Å². The summed E-state index contributed by atoms with van der Waals surface area (Å²) in [5, 5.41) is 6.87. The summed E-state index contributed by atoms with van der Waals surface area (Å²) < 4.78 is 4.80. The second-order valence-corrected chi connectivity index (χ2v) is 16.7. The number of methoxy groups -OCH3 is 1. The van der Waals surface area contributed by atoms with Crippen molar-refractivity contribution >= 4 is 45.6 Å². The molecule has 9 heteroatoms. The maximum Gasteiger partial charge on any atom is 0.337 e. The molecule has 55 heavy (non-hydrogen) atoms. The van der Waals surface area contributed by atoms with Gasteiger partial charge in [0.2, 0.25) is 0 Å². The number of amides is 2. The monoisotopic (exact) mass is 759 g/mol. The van der Waals surface area contributed by atoms with E-state index in [-0.39, 0.29) is 23.7 Å². The highest BCUT2D eigenvalue weighted by atomic mass is 32.1. The number of thiophene rings is 1. The second kappa shape index (κ2) is 17.9. The molecule has 1 heterocycles. The third kappa shape index (κ3) is 9.62. The van der Waals surface area contributed by atoms with Crippen molar-refractivity contribution in [2.75, 3.05) is 17.7 Å². The fourth-order valence-electron chi connectivity index (χ4n) is 8.35. The molecule has 8 nitrogen and oxygen atoms in total. The Kier molecular flexibility index (Phi) is 12.6. The SMILES string of the molecule is CCCCC(=O)C1CCC(N(Cc2cccc(C(=O)Nc3sc4c(c3C(=O)Nc3ccc(Cc5ccc(C(=O)OC)cc5)cc3)CCCC4)c2)C2CC2)CC1. The summed E-state index contributed by atoms with van der Waals surface area (Å²) in [5.41, 5.74) is 6.67. The first kappa shape index (κ1) is 38.7. The number of aryl methyl sites for hydroxylation is 1. The number of carbonyl (C=O) groups excluding carboxylic acids is 4. The van der Waals surface area contributed by atoms with Gasteiger partial charge in [-0.25, -0.2) is 4.79 Å². The van der Waals surface area contributed by atoms with Gasteiger partial charge in [0.15, 0.2) is 0 Å². The van der Waals surface area contributed by atoms with E-state index in [0.29, 0.717) is 51.7 Å². The van der Waals surface area contributed by atoms with Crippen LogP contribution in [0.25, 0.3) is 0 Å². The van der Waals surface area contributed by atoms with Gasteiger partial charge in [0.1, 0.15) is 10.8 Å². The van der Waals surface area contributed by atoms with E-state index in [1.165, 1.54) is 36.2 Å². The van der Waals surface area contributed by atoms with Crippen molar-refractivity contribution in [3.63, 3.8) is 0 Å². The molecule has 4 aromatic rings. The molecular weight excluding hydrogens is 707 g/mol. The van der Waals surface area contributed by atoms with Crippen LogP contribution in [0.2, 0.25) is 0 Å². The number of ketones is 1. The van der Waals surface area contributed by atoms with Gasteiger partial charge in [-0.2, -0.15) is 0 Å². The van der Waals surface area contributed by atoms with Crippen LogP contribution >= 0.6 is 11.3 Å². The van der Waals surface area contributed by atoms with Crippen LogP contribution in [0, 0.1) is 5.92 Å². The highest BCUT2D eigenvalue weighted by molar-refractivity contribution is 7.17. The molecule has 0 radical (unpaired) electrons. The van der Waals surface area contributed by atoms with Crippen LogP contribution in [0.3, 0.4) is 0 Å².